The van der Waals surface area contributed by atoms with E-state index in [9.17, 15) is 0 Å². The second-order valence-electron chi connectivity index (χ2n) is 4.15. The number of rotatable bonds is 3. The lowest BCUT2D eigenvalue weighted by molar-refractivity contribution is 0.825. The van der Waals surface area contributed by atoms with Crippen molar-refractivity contribution in [1.29, 1.82) is 0 Å². The van der Waals surface area contributed by atoms with E-state index in [0.717, 1.165) is 22.1 Å². The van der Waals surface area contributed by atoms with Gasteiger partial charge in [-0.05, 0) is 31.5 Å². The minimum absolute atomic E-state index is 0.0561. The van der Waals surface area contributed by atoms with Gasteiger partial charge in [-0.3, -0.25) is 0 Å². The topological polar surface area (TPSA) is 38.9 Å². The molecule has 1 heterocycles. The van der Waals surface area contributed by atoms with Crippen molar-refractivity contribution in [3.8, 4) is 0 Å². The van der Waals surface area contributed by atoms with Crippen LogP contribution in [0.3, 0.4) is 0 Å². The van der Waals surface area contributed by atoms with Crippen LogP contribution in [0.4, 0.5) is 0 Å². The predicted octanol–water partition coefficient (Wildman–Crippen LogP) is 3.72. The maximum absolute atomic E-state index is 5.96. The summed E-state index contributed by atoms with van der Waals surface area (Å²) in [4.78, 5) is 5.72. The Balaban J connectivity index is 2.22. The fourth-order valence-corrected chi connectivity index (χ4v) is 3.05. The Morgan fingerprint density at radius 3 is 2.82 bits per heavy atom. The molecule has 0 bridgehead atoms. The van der Waals surface area contributed by atoms with Crippen molar-refractivity contribution in [3.63, 3.8) is 0 Å². The summed E-state index contributed by atoms with van der Waals surface area (Å²) >= 11 is 7.65. The van der Waals surface area contributed by atoms with E-state index in [1.807, 2.05) is 32.0 Å². The minimum Gasteiger partial charge on any atom is -0.323 e. The van der Waals surface area contributed by atoms with Crippen molar-refractivity contribution in [1.82, 2.24) is 4.98 Å². The molecule has 2 nitrogen and oxygen atoms in total. The monoisotopic (exact) mass is 266 g/mol. The van der Waals surface area contributed by atoms with Crippen LogP contribution in [0, 0.1) is 6.92 Å². The van der Waals surface area contributed by atoms with Gasteiger partial charge in [-0.1, -0.05) is 23.7 Å². The van der Waals surface area contributed by atoms with Gasteiger partial charge in [0.25, 0.3) is 0 Å². The van der Waals surface area contributed by atoms with Crippen molar-refractivity contribution in [2.24, 2.45) is 5.73 Å². The number of thiazole rings is 1. The average molecular weight is 267 g/mol. The lowest BCUT2D eigenvalue weighted by atomic mass is 10.2. The van der Waals surface area contributed by atoms with Gasteiger partial charge in [0.05, 0.1) is 10.7 Å². The maximum Gasteiger partial charge on any atom is 0.0975 e. The van der Waals surface area contributed by atoms with Gasteiger partial charge in [0.2, 0.25) is 0 Å². The Kier molecular flexibility index (Phi) is 3.82. The number of aromatic nitrogens is 1. The summed E-state index contributed by atoms with van der Waals surface area (Å²) in [6.07, 6.45) is 0.818. The summed E-state index contributed by atoms with van der Waals surface area (Å²) in [5.74, 6) is 0. The number of aryl methyl sites for hydroxylation is 1. The largest absolute Gasteiger partial charge is 0.323 e. The smallest absolute Gasteiger partial charge is 0.0975 e. The number of nitrogens with two attached hydrogens (primary N) is 1. The Bertz CT molecular complexity index is 520. The molecule has 0 aliphatic carbocycles. The lowest BCUT2D eigenvalue weighted by Gasteiger charge is -2.00. The van der Waals surface area contributed by atoms with Crippen molar-refractivity contribution in [2.75, 3.05) is 0 Å². The molecule has 90 valence electrons. The first kappa shape index (κ1) is 12.6. The van der Waals surface area contributed by atoms with Crippen LogP contribution in [0.25, 0.3) is 0 Å². The predicted molar refractivity (Wildman–Crippen MR) is 73.7 cm³/mol. The van der Waals surface area contributed by atoms with Gasteiger partial charge in [0, 0.05) is 22.4 Å². The standard InChI is InChI=1S/C13H15ClN2S/c1-8(15)13-9(2)16-12(17-13)7-10-4-3-5-11(14)6-10/h3-6,8H,7,15H2,1-2H3. The van der Waals surface area contributed by atoms with E-state index in [4.69, 9.17) is 17.3 Å². The van der Waals surface area contributed by atoms with Crippen LogP contribution in [-0.4, -0.2) is 4.98 Å². The molecule has 1 atom stereocenters. The van der Waals surface area contributed by atoms with Gasteiger partial charge in [-0.15, -0.1) is 11.3 Å². The number of nitrogens with zero attached hydrogens (tertiary/aromatic N) is 1. The number of halogens is 1. The van der Waals surface area contributed by atoms with E-state index < -0.39 is 0 Å². The van der Waals surface area contributed by atoms with Crippen molar-refractivity contribution < 1.29 is 0 Å². The highest BCUT2D eigenvalue weighted by atomic mass is 35.5. The van der Waals surface area contributed by atoms with E-state index in [0.29, 0.717) is 0 Å². The Hall–Kier alpha value is -0.900. The molecule has 0 spiro atoms. The van der Waals surface area contributed by atoms with E-state index in [1.54, 1.807) is 11.3 Å². The van der Waals surface area contributed by atoms with Crippen LogP contribution in [0.5, 0.6) is 0 Å². The molecule has 2 N–H and O–H groups in total. The fourth-order valence-electron chi connectivity index (χ4n) is 1.79. The molecule has 0 saturated heterocycles. The van der Waals surface area contributed by atoms with Crippen molar-refractivity contribution in [3.05, 3.63) is 50.4 Å². The number of hydrogen-bond donors (Lipinski definition) is 1. The fraction of sp³-hybridized carbons (Fsp3) is 0.308. The van der Waals surface area contributed by atoms with Crippen LogP contribution in [0.1, 0.15) is 34.1 Å². The van der Waals surface area contributed by atoms with Gasteiger partial charge in [0.1, 0.15) is 0 Å². The van der Waals surface area contributed by atoms with Gasteiger partial charge >= 0.3 is 0 Å². The van der Waals surface area contributed by atoms with E-state index >= 15 is 0 Å². The third kappa shape index (κ3) is 3.06. The molecule has 2 aromatic rings. The van der Waals surface area contributed by atoms with Gasteiger partial charge in [-0.25, -0.2) is 4.98 Å². The molecule has 1 aromatic heterocycles. The Morgan fingerprint density at radius 1 is 1.47 bits per heavy atom. The molecular formula is C13H15ClN2S. The maximum atomic E-state index is 5.96. The average Bonchev–Trinajstić information content (AvgIpc) is 2.59. The molecule has 0 aliphatic heterocycles. The zero-order chi connectivity index (χ0) is 12.4. The highest BCUT2D eigenvalue weighted by molar-refractivity contribution is 7.11. The third-order valence-corrected chi connectivity index (χ3v) is 4.13. The first-order chi connectivity index (χ1) is 8.06. The highest BCUT2D eigenvalue weighted by Gasteiger charge is 2.11. The molecule has 2 rings (SSSR count). The molecule has 1 aromatic carbocycles. The second kappa shape index (κ2) is 5.17. The molecule has 0 aliphatic rings. The molecule has 0 saturated carbocycles. The quantitative estimate of drug-likeness (QED) is 0.920. The molecule has 0 fully saturated rings. The summed E-state index contributed by atoms with van der Waals surface area (Å²) in [7, 11) is 0. The highest BCUT2D eigenvalue weighted by Crippen LogP contribution is 2.25. The van der Waals surface area contributed by atoms with E-state index in [1.165, 1.54) is 10.4 Å². The van der Waals surface area contributed by atoms with Crippen LogP contribution in [0.2, 0.25) is 5.02 Å². The van der Waals surface area contributed by atoms with Crippen molar-refractivity contribution in [2.45, 2.75) is 26.3 Å². The van der Waals surface area contributed by atoms with Crippen molar-refractivity contribution >= 4 is 22.9 Å². The summed E-state index contributed by atoms with van der Waals surface area (Å²) in [5, 5.41) is 1.86. The third-order valence-electron chi connectivity index (χ3n) is 2.53. The van der Waals surface area contributed by atoms with Crippen LogP contribution in [-0.2, 0) is 6.42 Å². The molecular weight excluding hydrogens is 252 g/mol. The molecule has 1 unspecified atom stereocenters. The molecule has 0 radical (unpaired) electrons. The zero-order valence-electron chi connectivity index (χ0n) is 9.90. The van der Waals surface area contributed by atoms with Gasteiger partial charge < -0.3 is 5.73 Å². The number of hydrogen-bond acceptors (Lipinski definition) is 3. The normalized spacial score (nSPS) is 12.7. The molecule has 4 heteroatoms. The minimum atomic E-state index is 0.0561. The first-order valence-electron chi connectivity index (χ1n) is 5.52. The van der Waals surface area contributed by atoms with Crippen LogP contribution in [0.15, 0.2) is 24.3 Å². The van der Waals surface area contributed by atoms with Gasteiger partial charge in [0.15, 0.2) is 0 Å². The van der Waals surface area contributed by atoms with Crippen LogP contribution >= 0.6 is 22.9 Å². The van der Waals surface area contributed by atoms with Gasteiger partial charge in [-0.2, -0.15) is 0 Å². The van der Waals surface area contributed by atoms with E-state index in [2.05, 4.69) is 11.1 Å². The summed E-state index contributed by atoms with van der Waals surface area (Å²) in [6.45, 7) is 4.00. The summed E-state index contributed by atoms with van der Waals surface area (Å²) < 4.78 is 0. The number of benzene rings is 1. The molecule has 0 amide bonds. The summed E-state index contributed by atoms with van der Waals surface area (Å²) in [6, 6.07) is 7.94. The van der Waals surface area contributed by atoms with Crippen LogP contribution < -0.4 is 5.73 Å². The Morgan fingerprint density at radius 2 is 2.24 bits per heavy atom. The Labute approximate surface area is 110 Å². The SMILES string of the molecule is Cc1nc(Cc2cccc(Cl)c2)sc1C(C)N. The second-order valence-corrected chi connectivity index (χ2v) is 5.70. The van der Waals surface area contributed by atoms with E-state index in [-0.39, 0.29) is 6.04 Å². The summed E-state index contributed by atoms with van der Waals surface area (Å²) in [5.41, 5.74) is 8.12. The lowest BCUT2D eigenvalue weighted by Crippen LogP contribution is -2.03. The first-order valence-corrected chi connectivity index (χ1v) is 6.72. The molecule has 17 heavy (non-hydrogen) atoms. The zero-order valence-corrected chi connectivity index (χ0v) is 11.5.